The van der Waals surface area contributed by atoms with Gasteiger partial charge in [-0.3, -0.25) is 0 Å². The molecule has 0 aromatic rings. The van der Waals surface area contributed by atoms with Crippen molar-refractivity contribution in [3.05, 3.63) is 0 Å². The molecule has 3 atom stereocenters. The Hall–Kier alpha value is -0.130. The summed E-state index contributed by atoms with van der Waals surface area (Å²) in [5.74, 6) is 0.0776. The molecule has 0 spiro atoms. The highest BCUT2D eigenvalue weighted by Gasteiger charge is 2.39. The van der Waals surface area contributed by atoms with Crippen molar-refractivity contribution in [1.82, 2.24) is 0 Å². The Balaban J connectivity index is 2.61. The lowest BCUT2D eigenvalue weighted by Gasteiger charge is -2.22. The molecule has 0 bridgehead atoms. The van der Waals surface area contributed by atoms with E-state index < -0.39 is 15.9 Å². The summed E-state index contributed by atoms with van der Waals surface area (Å²) in [6, 6.07) is -0.206. The van der Waals surface area contributed by atoms with Gasteiger partial charge in [0, 0.05) is 12.0 Å². The maximum Gasteiger partial charge on any atom is 0.153 e. The van der Waals surface area contributed by atoms with Crippen LogP contribution in [0, 0.1) is 11.8 Å². The largest absolute Gasteiger partial charge is 0.392 e. The van der Waals surface area contributed by atoms with Crippen LogP contribution in [0.3, 0.4) is 0 Å². The van der Waals surface area contributed by atoms with Crippen molar-refractivity contribution in [2.45, 2.75) is 32.4 Å². The lowest BCUT2D eigenvalue weighted by atomic mass is 9.91. The van der Waals surface area contributed by atoms with E-state index in [1.54, 1.807) is 0 Å². The topological polar surface area (TPSA) is 80.4 Å². The molecule has 3 N–H and O–H groups in total. The van der Waals surface area contributed by atoms with Crippen molar-refractivity contribution in [3.8, 4) is 0 Å². The van der Waals surface area contributed by atoms with Gasteiger partial charge in [0.1, 0.15) is 0 Å². The number of aliphatic hydroxyl groups excluding tert-OH is 1. The molecule has 3 unspecified atom stereocenters. The highest BCUT2D eigenvalue weighted by Crippen LogP contribution is 2.24. The average molecular weight is 221 g/mol. The van der Waals surface area contributed by atoms with E-state index in [2.05, 4.69) is 0 Å². The molecule has 0 aromatic carbocycles. The fourth-order valence-electron chi connectivity index (χ4n) is 1.98. The smallest absolute Gasteiger partial charge is 0.153 e. The van der Waals surface area contributed by atoms with Gasteiger partial charge >= 0.3 is 0 Å². The fraction of sp³-hybridized carbons (Fsp3) is 1.00. The molecule has 1 rings (SSSR count). The number of sulfone groups is 1. The van der Waals surface area contributed by atoms with Gasteiger partial charge in [0.25, 0.3) is 0 Å². The zero-order chi connectivity index (χ0) is 10.9. The molecule has 1 aliphatic rings. The van der Waals surface area contributed by atoms with Crippen LogP contribution < -0.4 is 5.73 Å². The lowest BCUT2D eigenvalue weighted by Crippen LogP contribution is -2.38. The quantitative estimate of drug-likeness (QED) is 0.689. The van der Waals surface area contributed by atoms with Gasteiger partial charge in [0.15, 0.2) is 9.84 Å². The van der Waals surface area contributed by atoms with Gasteiger partial charge in [-0.05, 0) is 12.3 Å². The normalized spacial score (nSPS) is 33.5. The first kappa shape index (κ1) is 11.9. The zero-order valence-corrected chi connectivity index (χ0v) is 9.50. The van der Waals surface area contributed by atoms with Crippen molar-refractivity contribution in [2.24, 2.45) is 17.6 Å². The maximum atomic E-state index is 11.2. The summed E-state index contributed by atoms with van der Waals surface area (Å²) in [5, 5.41) is 9.55. The molecule has 1 saturated heterocycles. The van der Waals surface area contributed by atoms with Gasteiger partial charge in [0.2, 0.25) is 0 Å². The van der Waals surface area contributed by atoms with E-state index in [0.29, 0.717) is 5.92 Å². The van der Waals surface area contributed by atoms with Crippen LogP contribution in [0.5, 0.6) is 0 Å². The summed E-state index contributed by atoms with van der Waals surface area (Å²) in [7, 11) is -3.06. The van der Waals surface area contributed by atoms with Crippen LogP contribution in [0.1, 0.15) is 20.3 Å². The molecule has 14 heavy (non-hydrogen) atoms. The third-order valence-corrected chi connectivity index (χ3v) is 4.40. The van der Waals surface area contributed by atoms with Crippen LogP contribution in [0.2, 0.25) is 0 Å². The first-order chi connectivity index (χ1) is 6.32. The Bertz CT molecular complexity index is 286. The predicted molar refractivity (Wildman–Crippen MR) is 55.6 cm³/mol. The summed E-state index contributed by atoms with van der Waals surface area (Å²) in [6.45, 7) is 4.07. The predicted octanol–water partition coefficient (Wildman–Crippen LogP) is -0.235. The summed E-state index contributed by atoms with van der Waals surface area (Å²) in [4.78, 5) is 0. The highest BCUT2D eigenvalue weighted by molar-refractivity contribution is 7.91. The Labute approximate surface area is 85.4 Å². The van der Waals surface area contributed by atoms with Gasteiger partial charge in [-0.1, -0.05) is 13.8 Å². The number of rotatable bonds is 3. The highest BCUT2D eigenvalue weighted by atomic mass is 32.2. The van der Waals surface area contributed by atoms with E-state index in [0.717, 1.165) is 6.42 Å². The van der Waals surface area contributed by atoms with E-state index in [4.69, 9.17) is 5.73 Å². The average Bonchev–Trinajstić information content (AvgIpc) is 2.23. The molecule has 1 aliphatic heterocycles. The molecule has 5 heteroatoms. The maximum absolute atomic E-state index is 11.2. The lowest BCUT2D eigenvalue weighted by molar-refractivity contribution is 0.129. The molecule has 0 radical (unpaired) electrons. The summed E-state index contributed by atoms with van der Waals surface area (Å²) in [5.41, 5.74) is 5.87. The van der Waals surface area contributed by atoms with E-state index in [1.165, 1.54) is 0 Å². The van der Waals surface area contributed by atoms with Gasteiger partial charge in [-0.15, -0.1) is 0 Å². The van der Waals surface area contributed by atoms with Crippen LogP contribution >= 0.6 is 0 Å². The second-order valence-electron chi connectivity index (χ2n) is 4.60. The van der Waals surface area contributed by atoms with Crippen molar-refractivity contribution >= 4 is 9.84 Å². The fourth-order valence-corrected chi connectivity index (χ4v) is 3.94. The third kappa shape index (κ3) is 2.93. The molecule has 0 saturated carbocycles. The van der Waals surface area contributed by atoms with E-state index in [-0.39, 0.29) is 23.5 Å². The Morgan fingerprint density at radius 3 is 2.36 bits per heavy atom. The van der Waals surface area contributed by atoms with Crippen molar-refractivity contribution in [3.63, 3.8) is 0 Å². The minimum absolute atomic E-state index is 0.0437. The summed E-state index contributed by atoms with van der Waals surface area (Å²) < 4.78 is 22.5. The molecule has 0 amide bonds. The third-order valence-electron chi connectivity index (χ3n) is 2.66. The monoisotopic (exact) mass is 221 g/mol. The number of aliphatic hydroxyl groups is 1. The number of nitrogens with two attached hydrogens (primary N) is 1. The standard InChI is InChI=1S/C9H19NO3S/c1-6(2)3-8(10)7-4-14(12,13)5-9(7)11/h6-9,11H,3-5,10H2,1-2H3. The van der Waals surface area contributed by atoms with Gasteiger partial charge in [-0.25, -0.2) is 8.42 Å². The van der Waals surface area contributed by atoms with E-state index in [9.17, 15) is 13.5 Å². The van der Waals surface area contributed by atoms with Crippen LogP contribution in [-0.2, 0) is 9.84 Å². The van der Waals surface area contributed by atoms with E-state index in [1.807, 2.05) is 13.8 Å². The second-order valence-corrected chi connectivity index (χ2v) is 6.76. The number of hydrogen-bond donors (Lipinski definition) is 2. The van der Waals surface area contributed by atoms with Crippen molar-refractivity contribution in [2.75, 3.05) is 11.5 Å². The molecular formula is C9H19NO3S. The zero-order valence-electron chi connectivity index (χ0n) is 8.68. The molecular weight excluding hydrogens is 202 g/mol. The number of hydrogen-bond acceptors (Lipinski definition) is 4. The van der Waals surface area contributed by atoms with Crippen LogP contribution in [0.15, 0.2) is 0 Å². The molecule has 0 aliphatic carbocycles. The van der Waals surface area contributed by atoms with Crippen LogP contribution in [-0.4, -0.2) is 37.2 Å². The SMILES string of the molecule is CC(C)CC(N)C1CS(=O)(=O)CC1O. The molecule has 1 fully saturated rings. The summed E-state index contributed by atoms with van der Waals surface area (Å²) >= 11 is 0. The summed E-state index contributed by atoms with van der Waals surface area (Å²) in [6.07, 6.45) is -0.00852. The molecule has 0 aromatic heterocycles. The van der Waals surface area contributed by atoms with Crippen molar-refractivity contribution < 1.29 is 13.5 Å². The first-order valence-corrected chi connectivity index (χ1v) is 6.78. The van der Waals surface area contributed by atoms with Crippen molar-refractivity contribution in [1.29, 1.82) is 0 Å². The van der Waals surface area contributed by atoms with E-state index >= 15 is 0 Å². The molecule has 1 heterocycles. The van der Waals surface area contributed by atoms with Gasteiger partial charge in [-0.2, -0.15) is 0 Å². The minimum Gasteiger partial charge on any atom is -0.392 e. The molecule has 84 valence electrons. The Morgan fingerprint density at radius 1 is 1.43 bits per heavy atom. The Kier molecular flexibility index (Phi) is 3.55. The van der Waals surface area contributed by atoms with Gasteiger partial charge in [0.05, 0.1) is 17.6 Å². The first-order valence-electron chi connectivity index (χ1n) is 4.96. The molecule has 4 nitrogen and oxygen atoms in total. The van der Waals surface area contributed by atoms with Crippen LogP contribution in [0.4, 0.5) is 0 Å². The minimum atomic E-state index is -3.06. The van der Waals surface area contributed by atoms with Crippen LogP contribution in [0.25, 0.3) is 0 Å². The Morgan fingerprint density at radius 2 is 2.00 bits per heavy atom. The van der Waals surface area contributed by atoms with Gasteiger partial charge < -0.3 is 10.8 Å². The second kappa shape index (κ2) is 4.16.